The fourth-order valence-corrected chi connectivity index (χ4v) is 1.98. The zero-order valence-electron chi connectivity index (χ0n) is 12.3. The molecule has 1 rings (SSSR count). The van der Waals surface area contributed by atoms with Crippen LogP contribution in [0.1, 0.15) is 32.4 Å². The first kappa shape index (κ1) is 16.6. The third-order valence-corrected chi connectivity index (χ3v) is 3.34. The first-order valence-corrected chi connectivity index (χ1v) is 6.93. The van der Waals surface area contributed by atoms with E-state index in [2.05, 4.69) is 5.32 Å². The van der Waals surface area contributed by atoms with Crippen molar-refractivity contribution in [2.45, 2.75) is 32.9 Å². The van der Waals surface area contributed by atoms with Crippen molar-refractivity contribution < 1.29 is 14.3 Å². The number of aliphatic hydroxyl groups is 1. The van der Waals surface area contributed by atoms with E-state index in [0.717, 1.165) is 13.1 Å². The zero-order valence-corrected chi connectivity index (χ0v) is 12.3. The number of amides is 1. The third kappa shape index (κ3) is 4.90. The Morgan fingerprint density at radius 1 is 1.30 bits per heavy atom. The second-order valence-corrected chi connectivity index (χ2v) is 4.81. The fraction of sp³-hybridized carbons (Fsp3) is 0.533. The van der Waals surface area contributed by atoms with E-state index in [-0.39, 0.29) is 11.7 Å². The summed E-state index contributed by atoms with van der Waals surface area (Å²) < 4.78 is 12.8. The van der Waals surface area contributed by atoms with Crippen LogP contribution in [0.5, 0.6) is 0 Å². The molecule has 0 spiro atoms. The Morgan fingerprint density at radius 3 is 2.35 bits per heavy atom. The molecule has 0 aliphatic rings. The molecule has 0 aromatic heterocycles. The molecule has 2 unspecified atom stereocenters. The highest BCUT2D eigenvalue weighted by molar-refractivity contribution is 5.78. The number of nitrogens with one attached hydrogen (secondary N) is 1. The largest absolute Gasteiger partial charge is 0.386 e. The molecule has 1 aromatic rings. The maximum atomic E-state index is 12.8. The number of likely N-dealkylation sites (N-methyl/N-ethyl adjacent to an activating group) is 1. The summed E-state index contributed by atoms with van der Waals surface area (Å²) in [5, 5.41) is 12.9. The molecule has 0 radical (unpaired) electrons. The summed E-state index contributed by atoms with van der Waals surface area (Å²) in [5.41, 5.74) is 0.585. The molecule has 1 aromatic carbocycles. The Bertz CT molecular complexity index is 418. The zero-order chi connectivity index (χ0) is 15.1. The monoisotopic (exact) mass is 282 g/mol. The lowest BCUT2D eigenvalue weighted by molar-refractivity contribution is -0.123. The maximum absolute atomic E-state index is 12.8. The van der Waals surface area contributed by atoms with E-state index in [4.69, 9.17) is 0 Å². The van der Waals surface area contributed by atoms with Crippen molar-refractivity contribution in [2.24, 2.45) is 0 Å². The van der Waals surface area contributed by atoms with Crippen molar-refractivity contribution in [2.75, 3.05) is 19.6 Å². The maximum Gasteiger partial charge on any atom is 0.234 e. The average molecular weight is 282 g/mol. The topological polar surface area (TPSA) is 52.6 Å². The third-order valence-electron chi connectivity index (χ3n) is 3.34. The Hall–Kier alpha value is -1.46. The van der Waals surface area contributed by atoms with Crippen LogP contribution in [0.4, 0.5) is 4.39 Å². The summed E-state index contributed by atoms with van der Waals surface area (Å²) in [6.45, 7) is 7.64. The summed E-state index contributed by atoms with van der Waals surface area (Å²) in [6, 6.07) is 5.20. The number of hydrogen-bond donors (Lipinski definition) is 2. The van der Waals surface area contributed by atoms with Gasteiger partial charge in [-0.05, 0) is 37.7 Å². The lowest BCUT2D eigenvalue weighted by Gasteiger charge is -2.23. The fourth-order valence-electron chi connectivity index (χ4n) is 1.98. The lowest BCUT2D eigenvalue weighted by atomic mass is 10.0. The van der Waals surface area contributed by atoms with Crippen LogP contribution in [0.25, 0.3) is 0 Å². The summed E-state index contributed by atoms with van der Waals surface area (Å²) >= 11 is 0. The van der Waals surface area contributed by atoms with Crippen molar-refractivity contribution in [1.29, 1.82) is 0 Å². The van der Waals surface area contributed by atoms with Gasteiger partial charge in [0.05, 0.1) is 18.7 Å². The Kier molecular flexibility index (Phi) is 6.61. The summed E-state index contributed by atoms with van der Waals surface area (Å²) in [4.78, 5) is 13.8. The number of rotatable bonds is 7. The molecule has 0 saturated carbocycles. The van der Waals surface area contributed by atoms with Gasteiger partial charge in [0.15, 0.2) is 0 Å². The van der Waals surface area contributed by atoms with Crippen molar-refractivity contribution >= 4 is 5.91 Å². The molecule has 112 valence electrons. The van der Waals surface area contributed by atoms with Gasteiger partial charge < -0.3 is 10.4 Å². The number of hydrogen-bond acceptors (Lipinski definition) is 3. The van der Waals surface area contributed by atoms with E-state index in [1.54, 1.807) is 6.92 Å². The number of benzene rings is 1. The molecule has 0 bridgehead atoms. The van der Waals surface area contributed by atoms with Gasteiger partial charge in [0.1, 0.15) is 5.82 Å². The van der Waals surface area contributed by atoms with Gasteiger partial charge in [0.2, 0.25) is 5.91 Å². The number of halogens is 1. The van der Waals surface area contributed by atoms with Gasteiger partial charge in [-0.15, -0.1) is 0 Å². The Morgan fingerprint density at radius 2 is 1.85 bits per heavy atom. The molecule has 4 nitrogen and oxygen atoms in total. The number of nitrogens with zero attached hydrogens (tertiary/aromatic N) is 1. The van der Waals surface area contributed by atoms with E-state index < -0.39 is 12.1 Å². The molecule has 0 fully saturated rings. The number of aliphatic hydroxyl groups excluding tert-OH is 1. The van der Waals surface area contributed by atoms with Crippen LogP contribution in [0.15, 0.2) is 24.3 Å². The Labute approximate surface area is 119 Å². The van der Waals surface area contributed by atoms with Gasteiger partial charge in [-0.1, -0.05) is 26.0 Å². The van der Waals surface area contributed by atoms with Gasteiger partial charge in [-0.3, -0.25) is 9.69 Å². The van der Waals surface area contributed by atoms with Crippen LogP contribution in [0.2, 0.25) is 0 Å². The molecule has 0 saturated heterocycles. The van der Waals surface area contributed by atoms with Gasteiger partial charge in [-0.2, -0.15) is 0 Å². The number of carbonyl (C=O) groups is 1. The van der Waals surface area contributed by atoms with Gasteiger partial charge in [0.25, 0.3) is 0 Å². The molecule has 5 heteroatoms. The summed E-state index contributed by atoms with van der Waals surface area (Å²) in [7, 11) is 0. The van der Waals surface area contributed by atoms with E-state index in [9.17, 15) is 14.3 Å². The van der Waals surface area contributed by atoms with Crippen molar-refractivity contribution in [3.05, 3.63) is 35.6 Å². The predicted molar refractivity (Wildman–Crippen MR) is 76.8 cm³/mol. The van der Waals surface area contributed by atoms with Crippen LogP contribution < -0.4 is 5.32 Å². The molecular formula is C15H23FN2O2. The smallest absolute Gasteiger partial charge is 0.234 e. The van der Waals surface area contributed by atoms with E-state index in [1.165, 1.54) is 24.3 Å². The molecule has 20 heavy (non-hydrogen) atoms. The number of carbonyl (C=O) groups excluding carboxylic acids is 1. The highest BCUT2D eigenvalue weighted by atomic mass is 19.1. The second-order valence-electron chi connectivity index (χ2n) is 4.81. The molecule has 0 aliphatic heterocycles. The van der Waals surface area contributed by atoms with Crippen molar-refractivity contribution in [1.82, 2.24) is 10.2 Å². The van der Waals surface area contributed by atoms with Crippen LogP contribution in [-0.4, -0.2) is 41.6 Å². The predicted octanol–water partition coefficient (Wildman–Crippen LogP) is 1.71. The van der Waals surface area contributed by atoms with Crippen LogP contribution in [-0.2, 0) is 4.79 Å². The molecule has 0 aliphatic carbocycles. The highest BCUT2D eigenvalue weighted by Crippen LogP contribution is 2.17. The average Bonchev–Trinajstić information content (AvgIpc) is 2.44. The molecule has 1 amide bonds. The van der Waals surface area contributed by atoms with Gasteiger partial charge >= 0.3 is 0 Å². The lowest BCUT2D eigenvalue weighted by Crippen LogP contribution is -2.43. The Balaban J connectivity index is 2.55. The van der Waals surface area contributed by atoms with Crippen LogP contribution in [0.3, 0.4) is 0 Å². The molecule has 0 heterocycles. The van der Waals surface area contributed by atoms with Gasteiger partial charge in [-0.25, -0.2) is 4.39 Å². The molecule has 2 atom stereocenters. The second kappa shape index (κ2) is 7.97. The normalized spacial score (nSPS) is 14.1. The highest BCUT2D eigenvalue weighted by Gasteiger charge is 2.19. The van der Waals surface area contributed by atoms with E-state index >= 15 is 0 Å². The van der Waals surface area contributed by atoms with Gasteiger partial charge in [0, 0.05) is 0 Å². The quantitative estimate of drug-likeness (QED) is 0.800. The minimum Gasteiger partial charge on any atom is -0.386 e. The van der Waals surface area contributed by atoms with E-state index in [0.29, 0.717) is 12.1 Å². The van der Waals surface area contributed by atoms with Crippen LogP contribution in [0, 0.1) is 5.82 Å². The first-order valence-electron chi connectivity index (χ1n) is 6.93. The van der Waals surface area contributed by atoms with Crippen molar-refractivity contribution in [3.63, 3.8) is 0 Å². The summed E-state index contributed by atoms with van der Waals surface area (Å²) in [5.74, 6) is -0.471. The van der Waals surface area contributed by atoms with E-state index in [1.807, 2.05) is 18.7 Å². The summed E-state index contributed by atoms with van der Waals surface area (Å²) in [6.07, 6.45) is -0.851. The molecular weight excluding hydrogens is 259 g/mol. The SMILES string of the molecule is CCN(CC)CC(=O)NC(C)C(O)c1ccc(F)cc1. The minimum atomic E-state index is -0.851. The molecule has 2 N–H and O–H groups in total. The standard InChI is InChI=1S/C15H23FN2O2/c1-4-18(5-2)10-14(19)17-11(3)15(20)12-6-8-13(16)9-7-12/h6-9,11,15,20H,4-5,10H2,1-3H3,(H,17,19). The minimum absolute atomic E-state index is 0.123. The van der Waals surface area contributed by atoms with Crippen molar-refractivity contribution in [3.8, 4) is 0 Å². The van der Waals surface area contributed by atoms with Crippen LogP contribution >= 0.6 is 0 Å². The first-order chi connectivity index (χ1) is 9.47.